The van der Waals surface area contributed by atoms with Gasteiger partial charge in [-0.2, -0.15) is 0 Å². The van der Waals surface area contributed by atoms with Crippen LogP contribution in [0.3, 0.4) is 0 Å². The summed E-state index contributed by atoms with van der Waals surface area (Å²) in [6, 6.07) is 0. The Bertz CT molecular complexity index is 499. The topological polar surface area (TPSA) is 43.4 Å². The summed E-state index contributed by atoms with van der Waals surface area (Å²) in [5.41, 5.74) is 0. The average Bonchev–Trinajstić information content (AvgIpc) is 2.92. The van der Waals surface area contributed by atoms with Gasteiger partial charge < -0.3 is 4.74 Å². The molecular weight excluding hydrogens is 468 g/mol. The predicted octanol–water partition coefficient (Wildman–Crippen LogP) is 11.6. The second-order valence-electron chi connectivity index (χ2n) is 11.5. The van der Waals surface area contributed by atoms with Crippen molar-refractivity contribution in [1.29, 1.82) is 0 Å². The molecule has 0 amide bonds. The molecule has 0 aromatic carbocycles. The standard InChI is InChI=1S/C35H66O3/c1-2-3-4-5-6-7-8-9-10-13-16-19-22-25-28-31-35(37)32-29-26-23-20-17-14-11-12-15-18-21-24-27-30-33-38-34-36/h9-10,34H,2-8,11-33H2,1H3/b10-9-. The highest BCUT2D eigenvalue weighted by molar-refractivity contribution is 5.78. The minimum absolute atomic E-state index is 0.497. The third-order valence-corrected chi connectivity index (χ3v) is 7.75. The van der Waals surface area contributed by atoms with Gasteiger partial charge in [-0.05, 0) is 44.9 Å². The molecule has 0 saturated carbocycles. The maximum Gasteiger partial charge on any atom is 0.293 e. The van der Waals surface area contributed by atoms with Gasteiger partial charge in [0.15, 0.2) is 0 Å². The smallest absolute Gasteiger partial charge is 0.293 e. The number of ketones is 1. The number of carbonyl (C=O) groups is 2. The van der Waals surface area contributed by atoms with Gasteiger partial charge in [-0.1, -0.05) is 147 Å². The van der Waals surface area contributed by atoms with Crippen molar-refractivity contribution in [1.82, 2.24) is 0 Å². The molecule has 0 unspecified atom stereocenters. The molecule has 0 N–H and O–H groups in total. The molecule has 0 aliphatic heterocycles. The van der Waals surface area contributed by atoms with Crippen LogP contribution in [0.1, 0.15) is 193 Å². The van der Waals surface area contributed by atoms with E-state index < -0.39 is 0 Å². The number of hydrogen-bond acceptors (Lipinski definition) is 3. The van der Waals surface area contributed by atoms with Crippen LogP contribution in [0.4, 0.5) is 0 Å². The monoisotopic (exact) mass is 535 g/mol. The van der Waals surface area contributed by atoms with E-state index >= 15 is 0 Å². The van der Waals surface area contributed by atoms with Gasteiger partial charge in [0.05, 0.1) is 6.61 Å². The molecule has 0 spiro atoms. The molecule has 0 aromatic heterocycles. The summed E-state index contributed by atoms with van der Waals surface area (Å²) in [6.45, 7) is 3.40. The minimum Gasteiger partial charge on any atom is -0.468 e. The lowest BCUT2D eigenvalue weighted by molar-refractivity contribution is -0.128. The van der Waals surface area contributed by atoms with Crippen LogP contribution in [-0.4, -0.2) is 18.9 Å². The van der Waals surface area contributed by atoms with Crippen LogP contribution < -0.4 is 0 Å². The summed E-state index contributed by atoms with van der Waals surface area (Å²) >= 11 is 0. The highest BCUT2D eigenvalue weighted by Crippen LogP contribution is 2.15. The molecule has 3 heteroatoms. The van der Waals surface area contributed by atoms with Gasteiger partial charge in [0, 0.05) is 12.8 Å². The fourth-order valence-corrected chi connectivity index (χ4v) is 5.19. The Kier molecular flexibility index (Phi) is 32.9. The second kappa shape index (κ2) is 33.9. The van der Waals surface area contributed by atoms with Gasteiger partial charge in [-0.25, -0.2) is 0 Å². The first kappa shape index (κ1) is 36.9. The van der Waals surface area contributed by atoms with Crippen molar-refractivity contribution in [2.24, 2.45) is 0 Å². The third kappa shape index (κ3) is 32.9. The molecule has 0 aliphatic carbocycles. The fraction of sp³-hybridized carbons (Fsp3) is 0.886. The number of Topliss-reactive ketones (excluding diaryl/α,β-unsaturated/α-hetero) is 1. The van der Waals surface area contributed by atoms with Gasteiger partial charge in [-0.15, -0.1) is 0 Å². The van der Waals surface area contributed by atoms with Crippen molar-refractivity contribution in [3.63, 3.8) is 0 Å². The van der Waals surface area contributed by atoms with Crippen LogP contribution >= 0.6 is 0 Å². The molecule has 38 heavy (non-hydrogen) atoms. The lowest BCUT2D eigenvalue weighted by atomic mass is 10.0. The largest absolute Gasteiger partial charge is 0.468 e. The van der Waals surface area contributed by atoms with E-state index in [2.05, 4.69) is 19.1 Å². The van der Waals surface area contributed by atoms with Crippen molar-refractivity contribution >= 4 is 12.3 Å². The number of allylic oxidation sites excluding steroid dienone is 2. The van der Waals surface area contributed by atoms with E-state index in [1.165, 1.54) is 154 Å². The summed E-state index contributed by atoms with van der Waals surface area (Å²) in [7, 11) is 0. The zero-order chi connectivity index (χ0) is 27.6. The van der Waals surface area contributed by atoms with E-state index in [-0.39, 0.29) is 0 Å². The molecule has 0 saturated heterocycles. The summed E-state index contributed by atoms with van der Waals surface area (Å²) in [5, 5.41) is 0. The zero-order valence-corrected chi connectivity index (χ0v) is 25.7. The molecule has 0 heterocycles. The number of unbranched alkanes of at least 4 members (excludes halogenated alkanes) is 24. The Labute approximate surface area is 238 Å². The van der Waals surface area contributed by atoms with Crippen molar-refractivity contribution < 1.29 is 14.3 Å². The molecular formula is C35H66O3. The molecule has 0 bridgehead atoms. The van der Waals surface area contributed by atoms with E-state index in [4.69, 9.17) is 4.74 Å². The van der Waals surface area contributed by atoms with Crippen LogP contribution in [0.25, 0.3) is 0 Å². The first-order valence-corrected chi connectivity index (χ1v) is 17.0. The Balaban J connectivity index is 3.19. The highest BCUT2D eigenvalue weighted by Gasteiger charge is 2.02. The summed E-state index contributed by atoms with van der Waals surface area (Å²) in [5.74, 6) is 0.497. The van der Waals surface area contributed by atoms with E-state index in [1.54, 1.807) is 0 Å². The van der Waals surface area contributed by atoms with E-state index in [0.717, 1.165) is 32.1 Å². The third-order valence-electron chi connectivity index (χ3n) is 7.75. The van der Waals surface area contributed by atoms with Crippen molar-refractivity contribution in [3.05, 3.63) is 12.2 Å². The number of hydrogen-bond donors (Lipinski definition) is 0. The summed E-state index contributed by atoms with van der Waals surface area (Å²) in [4.78, 5) is 22.2. The van der Waals surface area contributed by atoms with Gasteiger partial charge in [0.2, 0.25) is 0 Å². The molecule has 0 aromatic rings. The predicted molar refractivity (Wildman–Crippen MR) is 166 cm³/mol. The summed E-state index contributed by atoms with van der Waals surface area (Å²) in [6.07, 6.45) is 41.4. The van der Waals surface area contributed by atoms with Gasteiger partial charge in [0.25, 0.3) is 6.47 Å². The van der Waals surface area contributed by atoms with Gasteiger partial charge >= 0.3 is 0 Å². The van der Waals surface area contributed by atoms with E-state index in [9.17, 15) is 9.59 Å². The van der Waals surface area contributed by atoms with Gasteiger partial charge in [0.1, 0.15) is 5.78 Å². The van der Waals surface area contributed by atoms with Crippen LogP contribution in [0, 0.1) is 0 Å². The van der Waals surface area contributed by atoms with Gasteiger partial charge in [-0.3, -0.25) is 9.59 Å². The Morgan fingerprint density at radius 2 is 0.816 bits per heavy atom. The van der Waals surface area contributed by atoms with Crippen LogP contribution in [0.2, 0.25) is 0 Å². The normalized spacial score (nSPS) is 11.4. The molecule has 3 nitrogen and oxygen atoms in total. The molecule has 224 valence electrons. The zero-order valence-electron chi connectivity index (χ0n) is 25.7. The Hall–Kier alpha value is -1.12. The van der Waals surface area contributed by atoms with Crippen molar-refractivity contribution in [2.45, 2.75) is 193 Å². The maximum absolute atomic E-state index is 12.1. The highest BCUT2D eigenvalue weighted by atomic mass is 16.5. The molecule has 0 atom stereocenters. The molecule has 0 rings (SSSR count). The SMILES string of the molecule is CCCCCCCC/C=C\CCCCCCCC(=O)CCCCCCCCCCCCCCCCOC=O. The van der Waals surface area contributed by atoms with Crippen molar-refractivity contribution in [2.75, 3.05) is 6.61 Å². The van der Waals surface area contributed by atoms with Crippen LogP contribution in [0.5, 0.6) is 0 Å². The maximum atomic E-state index is 12.1. The Morgan fingerprint density at radius 3 is 1.21 bits per heavy atom. The molecule has 0 fully saturated rings. The van der Waals surface area contributed by atoms with E-state index in [1.807, 2.05) is 0 Å². The van der Waals surface area contributed by atoms with E-state index in [0.29, 0.717) is 18.9 Å². The quantitative estimate of drug-likeness (QED) is 0.0477. The fourth-order valence-electron chi connectivity index (χ4n) is 5.19. The first-order chi connectivity index (χ1) is 18.8. The number of rotatable bonds is 33. The van der Waals surface area contributed by atoms with Crippen molar-refractivity contribution in [3.8, 4) is 0 Å². The molecule has 0 aliphatic rings. The number of carbonyl (C=O) groups excluding carboxylic acids is 2. The number of ether oxygens (including phenoxy) is 1. The Morgan fingerprint density at radius 1 is 0.474 bits per heavy atom. The van der Waals surface area contributed by atoms with Crippen LogP contribution in [0.15, 0.2) is 12.2 Å². The van der Waals surface area contributed by atoms with Crippen LogP contribution in [-0.2, 0) is 14.3 Å². The lowest BCUT2D eigenvalue weighted by Crippen LogP contribution is -1.97. The lowest BCUT2D eigenvalue weighted by Gasteiger charge is -2.04. The molecule has 0 radical (unpaired) electrons. The minimum atomic E-state index is 0.497. The second-order valence-corrected chi connectivity index (χ2v) is 11.5. The average molecular weight is 535 g/mol. The first-order valence-electron chi connectivity index (χ1n) is 17.0. The summed E-state index contributed by atoms with van der Waals surface area (Å²) < 4.78 is 4.71.